The van der Waals surface area contributed by atoms with Crippen molar-refractivity contribution in [1.29, 1.82) is 5.26 Å². The van der Waals surface area contributed by atoms with Gasteiger partial charge in [0.15, 0.2) is 0 Å². The summed E-state index contributed by atoms with van der Waals surface area (Å²) in [5.74, 6) is -1.41. The molecule has 3 N–H and O–H groups in total. The largest absolute Gasteiger partial charge is 0.496 e. The minimum absolute atomic E-state index is 0.0338. The van der Waals surface area contributed by atoms with Crippen LogP contribution in [0.5, 0.6) is 5.75 Å². The number of piperidine rings is 1. The number of ether oxygens (including phenoxy) is 1. The van der Waals surface area contributed by atoms with E-state index in [4.69, 9.17) is 10.5 Å². The molecule has 0 saturated carbocycles. The minimum Gasteiger partial charge on any atom is -0.496 e. The van der Waals surface area contributed by atoms with E-state index < -0.39 is 24.4 Å². The van der Waals surface area contributed by atoms with E-state index in [1.165, 1.54) is 37.8 Å². The van der Waals surface area contributed by atoms with Gasteiger partial charge in [0.25, 0.3) is 0 Å². The van der Waals surface area contributed by atoms with Crippen LogP contribution in [-0.2, 0) is 6.54 Å². The summed E-state index contributed by atoms with van der Waals surface area (Å²) in [5.41, 5.74) is 7.70. The molecule has 3 aromatic heterocycles. The SMILES string of the molecule is COc1cc(F)cc(F)c1-c1nc(Nc2cc(N3CCC[C@H](N)C3)c(-c3cnn(CC(F)(F)F)c3)cn2)ccc1C#N. The maximum atomic E-state index is 14.9. The number of aromatic nitrogens is 4. The van der Waals surface area contributed by atoms with Crippen LogP contribution >= 0.6 is 0 Å². The maximum Gasteiger partial charge on any atom is 0.408 e. The number of pyridine rings is 2. The number of benzene rings is 1. The first-order chi connectivity index (χ1) is 20.0. The summed E-state index contributed by atoms with van der Waals surface area (Å²) in [6.07, 6.45) is 1.41. The van der Waals surface area contributed by atoms with Gasteiger partial charge in [0, 0.05) is 66.5 Å². The highest BCUT2D eigenvalue weighted by Gasteiger charge is 2.29. The van der Waals surface area contributed by atoms with Gasteiger partial charge in [-0.15, -0.1) is 0 Å². The van der Waals surface area contributed by atoms with Gasteiger partial charge < -0.3 is 20.7 Å². The van der Waals surface area contributed by atoms with Gasteiger partial charge in [-0.2, -0.15) is 23.5 Å². The van der Waals surface area contributed by atoms with E-state index in [1.807, 2.05) is 11.0 Å². The molecule has 0 bridgehead atoms. The Morgan fingerprint density at radius 1 is 1.17 bits per heavy atom. The molecule has 0 radical (unpaired) electrons. The minimum atomic E-state index is -4.43. The molecule has 1 saturated heterocycles. The van der Waals surface area contributed by atoms with Crippen LogP contribution in [0.15, 0.2) is 48.9 Å². The molecule has 1 atom stereocenters. The van der Waals surface area contributed by atoms with Gasteiger partial charge >= 0.3 is 6.18 Å². The Kier molecular flexibility index (Phi) is 7.95. The molecule has 0 amide bonds. The highest BCUT2D eigenvalue weighted by atomic mass is 19.4. The highest BCUT2D eigenvalue weighted by Crippen LogP contribution is 2.37. The van der Waals surface area contributed by atoms with Crippen LogP contribution in [0.1, 0.15) is 18.4 Å². The topological polar surface area (TPSA) is 118 Å². The molecule has 218 valence electrons. The average molecular weight is 585 g/mol. The van der Waals surface area contributed by atoms with E-state index in [-0.39, 0.29) is 34.4 Å². The van der Waals surface area contributed by atoms with Gasteiger partial charge in [-0.25, -0.2) is 18.7 Å². The Morgan fingerprint density at radius 3 is 2.69 bits per heavy atom. The quantitative estimate of drug-likeness (QED) is 0.278. The maximum absolute atomic E-state index is 14.9. The van der Waals surface area contributed by atoms with Crippen LogP contribution in [0.4, 0.5) is 39.3 Å². The first-order valence-electron chi connectivity index (χ1n) is 12.9. The molecule has 1 aliphatic heterocycles. The van der Waals surface area contributed by atoms with Gasteiger partial charge in [-0.1, -0.05) is 0 Å². The second-order valence-corrected chi connectivity index (χ2v) is 9.77. The Hall–Kier alpha value is -4.77. The fourth-order valence-electron chi connectivity index (χ4n) is 4.88. The van der Waals surface area contributed by atoms with Crippen LogP contribution in [-0.4, -0.2) is 52.2 Å². The lowest BCUT2D eigenvalue weighted by Gasteiger charge is -2.34. The summed E-state index contributed by atoms with van der Waals surface area (Å²) in [7, 11) is 1.25. The van der Waals surface area contributed by atoms with Crippen molar-refractivity contribution in [2.45, 2.75) is 31.6 Å². The molecule has 0 aliphatic carbocycles. The van der Waals surface area contributed by atoms with Crippen molar-refractivity contribution < 1.29 is 26.7 Å². The van der Waals surface area contributed by atoms with Gasteiger partial charge in [-0.3, -0.25) is 4.68 Å². The van der Waals surface area contributed by atoms with E-state index in [2.05, 4.69) is 20.4 Å². The van der Waals surface area contributed by atoms with Crippen LogP contribution in [0.2, 0.25) is 0 Å². The zero-order valence-corrected chi connectivity index (χ0v) is 22.3. The van der Waals surface area contributed by atoms with Gasteiger partial charge in [0.1, 0.15) is 41.6 Å². The lowest BCUT2D eigenvalue weighted by atomic mass is 10.0. The van der Waals surface area contributed by atoms with E-state index in [0.717, 1.165) is 23.6 Å². The van der Waals surface area contributed by atoms with Gasteiger partial charge in [0.2, 0.25) is 0 Å². The number of nitrogens with two attached hydrogens (primary N) is 1. The summed E-state index contributed by atoms with van der Waals surface area (Å²) in [6, 6.07) is 8.19. The van der Waals surface area contributed by atoms with Crippen molar-refractivity contribution in [2.24, 2.45) is 5.73 Å². The number of nitrogens with zero attached hydrogens (tertiary/aromatic N) is 6. The number of methoxy groups -OCH3 is 1. The van der Waals surface area contributed by atoms with Crippen molar-refractivity contribution in [1.82, 2.24) is 19.7 Å². The molecule has 1 fully saturated rings. The van der Waals surface area contributed by atoms with Crippen molar-refractivity contribution in [2.75, 3.05) is 30.4 Å². The van der Waals surface area contributed by atoms with Crippen LogP contribution < -0.4 is 20.7 Å². The molecule has 0 spiro atoms. The van der Waals surface area contributed by atoms with Crippen LogP contribution in [0.3, 0.4) is 0 Å². The predicted molar refractivity (Wildman–Crippen MR) is 145 cm³/mol. The van der Waals surface area contributed by atoms with E-state index in [9.17, 15) is 27.2 Å². The molecule has 5 rings (SSSR count). The molecule has 1 aromatic carbocycles. The Morgan fingerprint density at radius 2 is 1.98 bits per heavy atom. The lowest BCUT2D eigenvalue weighted by molar-refractivity contribution is -0.142. The highest BCUT2D eigenvalue weighted by molar-refractivity contribution is 5.80. The third kappa shape index (κ3) is 6.26. The van der Waals surface area contributed by atoms with Crippen LogP contribution in [0.25, 0.3) is 22.4 Å². The molecule has 1 aliphatic rings. The third-order valence-electron chi connectivity index (χ3n) is 6.71. The molecular weight excluding hydrogens is 559 g/mol. The monoisotopic (exact) mass is 584 g/mol. The third-order valence-corrected chi connectivity index (χ3v) is 6.71. The number of hydrogen-bond donors (Lipinski definition) is 2. The number of rotatable bonds is 7. The second kappa shape index (κ2) is 11.6. The molecule has 4 heterocycles. The first kappa shape index (κ1) is 28.7. The number of anilines is 3. The summed E-state index contributed by atoms with van der Waals surface area (Å²) >= 11 is 0. The fraction of sp³-hybridized carbons (Fsp3) is 0.286. The van der Waals surface area contributed by atoms with Gasteiger partial charge in [0.05, 0.1) is 30.1 Å². The molecule has 14 heteroatoms. The lowest BCUT2D eigenvalue weighted by Crippen LogP contribution is -2.43. The molecular formula is C28H25F5N8O. The Bertz CT molecular complexity index is 1650. The Balaban J connectivity index is 1.53. The first-order valence-corrected chi connectivity index (χ1v) is 12.9. The van der Waals surface area contributed by atoms with Crippen molar-refractivity contribution in [3.8, 4) is 34.2 Å². The fourth-order valence-corrected chi connectivity index (χ4v) is 4.88. The zero-order valence-electron chi connectivity index (χ0n) is 22.3. The number of nitriles is 1. The summed E-state index contributed by atoms with van der Waals surface area (Å²) in [5, 5.41) is 16.5. The molecule has 0 unspecified atom stereocenters. The summed E-state index contributed by atoms with van der Waals surface area (Å²) in [4.78, 5) is 10.9. The molecule has 42 heavy (non-hydrogen) atoms. The number of nitrogens with one attached hydrogen (secondary N) is 1. The predicted octanol–water partition coefficient (Wildman–Crippen LogP) is 5.40. The zero-order chi connectivity index (χ0) is 30.0. The van der Waals surface area contributed by atoms with Crippen molar-refractivity contribution in [3.05, 3.63) is 66.1 Å². The van der Waals surface area contributed by atoms with Gasteiger partial charge in [-0.05, 0) is 25.0 Å². The average Bonchev–Trinajstić information content (AvgIpc) is 3.39. The van der Waals surface area contributed by atoms with Crippen molar-refractivity contribution >= 4 is 17.3 Å². The second-order valence-electron chi connectivity index (χ2n) is 9.77. The van der Waals surface area contributed by atoms with E-state index >= 15 is 0 Å². The summed E-state index contributed by atoms with van der Waals surface area (Å²) in [6.45, 7) is -0.0318. The molecule has 9 nitrogen and oxygen atoms in total. The standard InChI is InChI=1S/C28H25F5N8O/c1-42-23-8-18(29)7-21(30)26(23)27-16(10-34)4-5-24(39-27)38-25-9-22(40-6-2-3-19(35)14-40)20(12-36-25)17-11-37-41(13-17)15-28(31,32)33/h4-5,7-9,11-13,19H,2-3,6,14-15,35H2,1H3,(H,36,38,39)/t19-/m0/s1. The normalized spacial score (nSPS) is 15.4. The number of alkyl halides is 3. The number of hydrogen-bond acceptors (Lipinski definition) is 8. The molecule has 4 aromatic rings. The smallest absolute Gasteiger partial charge is 0.408 e. The Labute approximate surface area is 237 Å². The summed E-state index contributed by atoms with van der Waals surface area (Å²) < 4.78 is 73.4. The number of halogens is 5. The van der Waals surface area contributed by atoms with Crippen LogP contribution in [0, 0.1) is 23.0 Å². The van der Waals surface area contributed by atoms with E-state index in [1.54, 1.807) is 6.07 Å². The van der Waals surface area contributed by atoms with Crippen molar-refractivity contribution in [3.63, 3.8) is 0 Å². The van der Waals surface area contributed by atoms with E-state index in [0.29, 0.717) is 41.8 Å².